The highest BCUT2D eigenvalue weighted by atomic mass is 32.2. The lowest BCUT2D eigenvalue weighted by molar-refractivity contribution is -0.162. The van der Waals surface area contributed by atoms with Crippen LogP contribution in [0.15, 0.2) is 11.1 Å². The lowest BCUT2D eigenvalue weighted by atomic mass is 9.73. The Kier molecular flexibility index (Phi) is 5.36. The van der Waals surface area contributed by atoms with E-state index >= 15 is 0 Å². The van der Waals surface area contributed by atoms with Gasteiger partial charge in [0.1, 0.15) is 4.90 Å². The number of hydrogen-bond donors (Lipinski definition) is 2. The zero-order valence-corrected chi connectivity index (χ0v) is 15.1. The molecule has 2 N–H and O–H groups in total. The highest BCUT2D eigenvalue weighted by Crippen LogP contribution is 2.38. The van der Waals surface area contributed by atoms with Crippen molar-refractivity contribution in [2.75, 3.05) is 13.1 Å². The van der Waals surface area contributed by atoms with Gasteiger partial charge in [0, 0.05) is 25.8 Å². The second-order valence-corrected chi connectivity index (χ2v) is 8.18. The van der Waals surface area contributed by atoms with Crippen molar-refractivity contribution in [3.63, 3.8) is 0 Å². The first-order chi connectivity index (χ1) is 11.2. The third-order valence-electron chi connectivity index (χ3n) is 4.79. The van der Waals surface area contributed by atoms with E-state index in [0.717, 1.165) is 0 Å². The number of aromatic nitrogens is 2. The smallest absolute Gasteiger partial charge is 0.312 e. The Morgan fingerprint density at radius 3 is 2.58 bits per heavy atom. The summed E-state index contributed by atoms with van der Waals surface area (Å²) in [5.41, 5.74) is -0.876. The van der Waals surface area contributed by atoms with Crippen LogP contribution < -0.4 is 0 Å². The van der Waals surface area contributed by atoms with Crippen LogP contribution in [0.4, 0.5) is 0 Å². The van der Waals surface area contributed by atoms with E-state index in [1.54, 1.807) is 11.6 Å². The van der Waals surface area contributed by atoms with Gasteiger partial charge in [-0.05, 0) is 26.7 Å². The molecule has 0 radical (unpaired) electrons. The number of aliphatic hydroxyl groups excluding tert-OH is 1. The van der Waals surface area contributed by atoms with Crippen LogP contribution in [0.3, 0.4) is 0 Å². The Bertz CT molecular complexity index is 715. The first kappa shape index (κ1) is 18.9. The zero-order valence-electron chi connectivity index (χ0n) is 14.3. The Hall–Kier alpha value is -1.45. The molecule has 2 heterocycles. The Labute approximate surface area is 142 Å². The van der Waals surface area contributed by atoms with Gasteiger partial charge in [-0.15, -0.1) is 0 Å². The lowest BCUT2D eigenvalue weighted by Gasteiger charge is -2.42. The molecule has 2 atom stereocenters. The molecule has 0 amide bonds. The minimum absolute atomic E-state index is 0.0719. The summed E-state index contributed by atoms with van der Waals surface area (Å²) in [6.07, 6.45) is 1.27. The van der Waals surface area contributed by atoms with Crippen molar-refractivity contribution < 1.29 is 23.4 Å². The summed E-state index contributed by atoms with van der Waals surface area (Å²) in [4.78, 5) is 11.8. The predicted molar refractivity (Wildman–Crippen MR) is 87.0 cm³/mol. The van der Waals surface area contributed by atoms with Crippen LogP contribution in [0.2, 0.25) is 0 Å². The fraction of sp³-hybridized carbons (Fsp3) is 0.733. The Balaban J connectivity index is 2.29. The van der Waals surface area contributed by atoms with Gasteiger partial charge in [-0.25, -0.2) is 8.42 Å². The summed E-state index contributed by atoms with van der Waals surface area (Å²) in [7, 11) is -3.81. The van der Waals surface area contributed by atoms with Gasteiger partial charge in [0.25, 0.3) is 0 Å². The van der Waals surface area contributed by atoms with E-state index in [0.29, 0.717) is 25.1 Å². The van der Waals surface area contributed by atoms with Crippen molar-refractivity contribution >= 4 is 16.0 Å². The van der Waals surface area contributed by atoms with Crippen molar-refractivity contribution in [1.29, 1.82) is 0 Å². The molecule has 0 bridgehead atoms. The van der Waals surface area contributed by atoms with E-state index < -0.39 is 27.5 Å². The molecule has 136 valence electrons. The topological polar surface area (TPSA) is 113 Å². The SMILES string of the molecule is CCC[C@]1(C(=O)O)CCN(S(=O)(=O)c2cn(CC)nc2C)C[C@@H]1O. The third kappa shape index (κ3) is 3.07. The van der Waals surface area contributed by atoms with E-state index in [9.17, 15) is 23.4 Å². The average molecular weight is 359 g/mol. The van der Waals surface area contributed by atoms with Gasteiger partial charge in [-0.3, -0.25) is 9.48 Å². The van der Waals surface area contributed by atoms with Gasteiger partial charge in [-0.1, -0.05) is 13.3 Å². The molecule has 0 unspecified atom stereocenters. The minimum atomic E-state index is -3.81. The van der Waals surface area contributed by atoms with Crippen molar-refractivity contribution in [1.82, 2.24) is 14.1 Å². The van der Waals surface area contributed by atoms with Crippen LogP contribution in [0.25, 0.3) is 0 Å². The Morgan fingerprint density at radius 2 is 2.12 bits per heavy atom. The average Bonchev–Trinajstić information content (AvgIpc) is 2.91. The van der Waals surface area contributed by atoms with E-state index in [1.165, 1.54) is 10.5 Å². The lowest BCUT2D eigenvalue weighted by Crippen LogP contribution is -2.55. The number of aliphatic carboxylic acids is 1. The number of carbonyl (C=O) groups is 1. The maximum Gasteiger partial charge on any atom is 0.312 e. The maximum absolute atomic E-state index is 12.8. The number of carboxylic acids is 1. The van der Waals surface area contributed by atoms with Crippen molar-refractivity contribution in [2.24, 2.45) is 5.41 Å². The number of sulfonamides is 1. The normalized spacial score (nSPS) is 25.8. The highest BCUT2D eigenvalue weighted by Gasteiger charge is 2.50. The fourth-order valence-corrected chi connectivity index (χ4v) is 4.93. The van der Waals surface area contributed by atoms with Crippen LogP contribution in [0.1, 0.15) is 38.8 Å². The number of hydrogen-bond acceptors (Lipinski definition) is 5. The van der Waals surface area contributed by atoms with E-state index in [2.05, 4.69) is 5.10 Å². The molecule has 0 saturated carbocycles. The number of aryl methyl sites for hydroxylation is 2. The highest BCUT2D eigenvalue weighted by molar-refractivity contribution is 7.89. The molecule has 1 fully saturated rings. The summed E-state index contributed by atoms with van der Waals surface area (Å²) in [6.45, 7) is 5.74. The molecule has 1 aromatic rings. The molecular weight excluding hydrogens is 334 g/mol. The van der Waals surface area contributed by atoms with Crippen molar-refractivity contribution in [3.8, 4) is 0 Å². The Morgan fingerprint density at radius 1 is 1.46 bits per heavy atom. The van der Waals surface area contributed by atoms with Crippen molar-refractivity contribution in [2.45, 2.75) is 57.6 Å². The van der Waals surface area contributed by atoms with Gasteiger partial charge in [0.15, 0.2) is 0 Å². The summed E-state index contributed by atoms with van der Waals surface area (Å²) in [6, 6.07) is 0. The van der Waals surface area contributed by atoms with E-state index in [4.69, 9.17) is 0 Å². The van der Waals surface area contributed by atoms with Crippen LogP contribution in [-0.2, 0) is 21.4 Å². The molecule has 24 heavy (non-hydrogen) atoms. The minimum Gasteiger partial charge on any atom is -0.481 e. The molecule has 0 spiro atoms. The van der Waals surface area contributed by atoms with Crippen LogP contribution in [0.5, 0.6) is 0 Å². The van der Waals surface area contributed by atoms with Crippen LogP contribution >= 0.6 is 0 Å². The summed E-state index contributed by atoms with van der Waals surface area (Å²) in [5, 5.41) is 24.1. The molecule has 1 aromatic heterocycles. The van der Waals surface area contributed by atoms with Gasteiger partial charge in [-0.2, -0.15) is 9.40 Å². The predicted octanol–water partition coefficient (Wildman–Crippen LogP) is 0.838. The van der Waals surface area contributed by atoms with Gasteiger partial charge >= 0.3 is 5.97 Å². The third-order valence-corrected chi connectivity index (χ3v) is 6.76. The molecule has 1 aliphatic rings. The van der Waals surface area contributed by atoms with Crippen LogP contribution in [-0.4, -0.2) is 57.9 Å². The van der Waals surface area contributed by atoms with Crippen molar-refractivity contribution in [3.05, 3.63) is 11.9 Å². The van der Waals surface area contributed by atoms with Gasteiger partial charge in [0.2, 0.25) is 10.0 Å². The maximum atomic E-state index is 12.8. The largest absolute Gasteiger partial charge is 0.481 e. The molecule has 0 aromatic carbocycles. The molecule has 9 heteroatoms. The monoisotopic (exact) mass is 359 g/mol. The summed E-state index contributed by atoms with van der Waals surface area (Å²) in [5.74, 6) is -1.07. The molecule has 1 saturated heterocycles. The second-order valence-electron chi connectivity index (χ2n) is 6.27. The van der Waals surface area contributed by atoms with E-state index in [1.807, 2.05) is 13.8 Å². The molecule has 0 aliphatic carbocycles. The van der Waals surface area contributed by atoms with E-state index in [-0.39, 0.29) is 24.4 Å². The van der Waals surface area contributed by atoms with Crippen LogP contribution in [0, 0.1) is 12.3 Å². The van der Waals surface area contributed by atoms with Gasteiger partial charge in [0.05, 0.1) is 17.2 Å². The molecular formula is C15H25N3O5S. The molecule has 8 nitrogen and oxygen atoms in total. The molecule has 1 aliphatic heterocycles. The number of carboxylic acid groups (broad SMARTS) is 1. The van der Waals surface area contributed by atoms with Gasteiger partial charge < -0.3 is 10.2 Å². The number of piperidine rings is 1. The standard InChI is InChI=1S/C15H25N3O5S/c1-4-6-15(14(20)21)7-8-18(10-13(15)19)24(22,23)12-9-17(5-2)16-11(12)3/h9,13,19H,4-8,10H2,1-3H3,(H,20,21)/t13-,15-/m0/s1. The second kappa shape index (κ2) is 6.81. The first-order valence-corrected chi connectivity index (χ1v) is 9.58. The summed E-state index contributed by atoms with van der Waals surface area (Å²) < 4.78 is 28.4. The number of nitrogens with zero attached hydrogens (tertiary/aromatic N) is 3. The fourth-order valence-electron chi connectivity index (χ4n) is 3.32. The molecule has 2 rings (SSSR count). The number of rotatable bonds is 6. The number of aliphatic hydroxyl groups is 1. The first-order valence-electron chi connectivity index (χ1n) is 8.14. The number of β-amino-alcohol motifs (C(OH)–C–C–N with tert-alkyl or cyclic N) is 1. The quantitative estimate of drug-likeness (QED) is 0.778. The zero-order chi connectivity index (χ0) is 18.1. The summed E-state index contributed by atoms with van der Waals surface area (Å²) >= 11 is 0.